The van der Waals surface area contributed by atoms with Crippen molar-refractivity contribution in [1.82, 2.24) is 15.1 Å². The molecule has 0 radical (unpaired) electrons. The van der Waals surface area contributed by atoms with Crippen LogP contribution in [0, 0.1) is 0 Å². The highest BCUT2D eigenvalue weighted by molar-refractivity contribution is 5.16. The maximum absolute atomic E-state index is 6.08. The molecule has 1 saturated heterocycles. The van der Waals surface area contributed by atoms with Crippen molar-refractivity contribution in [2.45, 2.75) is 38.3 Å². The van der Waals surface area contributed by atoms with Crippen molar-refractivity contribution in [3.05, 3.63) is 53.9 Å². The molecule has 1 fully saturated rings. The molecule has 1 aromatic heterocycles. The van der Waals surface area contributed by atoms with E-state index in [1.807, 2.05) is 26.0 Å². The van der Waals surface area contributed by atoms with Crippen LogP contribution in [-0.4, -0.2) is 40.6 Å². The fraction of sp³-hybridized carbons (Fsp3) is 0.471. The summed E-state index contributed by atoms with van der Waals surface area (Å²) in [4.78, 5) is 2.28. The van der Waals surface area contributed by atoms with Gasteiger partial charge in [0.15, 0.2) is 5.79 Å². The molecular formula is C17H23N3O2. The van der Waals surface area contributed by atoms with Crippen LogP contribution in [0.2, 0.25) is 0 Å². The number of likely N-dealkylation sites (N-methyl/N-ethyl adjacent to an activating group) is 1. The van der Waals surface area contributed by atoms with Crippen LogP contribution in [0.25, 0.3) is 0 Å². The smallest absolute Gasteiger partial charge is 0.163 e. The molecule has 1 N–H and O–H groups in total. The molecule has 2 aromatic rings. The van der Waals surface area contributed by atoms with Gasteiger partial charge in [-0.1, -0.05) is 30.3 Å². The SMILES string of the molecule is CN(Cc1ccccc1)C(c1ccn[nH]1)[C@H]1COC(C)(C)O1. The summed E-state index contributed by atoms with van der Waals surface area (Å²) in [6.07, 6.45) is 1.75. The zero-order valence-corrected chi connectivity index (χ0v) is 13.3. The van der Waals surface area contributed by atoms with Gasteiger partial charge in [0, 0.05) is 12.7 Å². The third-order valence-corrected chi connectivity index (χ3v) is 3.97. The van der Waals surface area contributed by atoms with Crippen molar-refractivity contribution in [2.24, 2.45) is 0 Å². The van der Waals surface area contributed by atoms with Crippen LogP contribution in [0.5, 0.6) is 0 Å². The molecule has 0 bridgehead atoms. The Bertz CT molecular complexity index is 583. The first kappa shape index (κ1) is 15.2. The summed E-state index contributed by atoms with van der Waals surface area (Å²) >= 11 is 0. The number of nitrogens with one attached hydrogen (secondary N) is 1. The first-order valence-corrected chi connectivity index (χ1v) is 7.60. The van der Waals surface area contributed by atoms with E-state index in [4.69, 9.17) is 9.47 Å². The molecule has 2 heterocycles. The normalized spacial score (nSPS) is 22.1. The Hall–Kier alpha value is -1.69. The highest BCUT2D eigenvalue weighted by atomic mass is 16.7. The van der Waals surface area contributed by atoms with Crippen molar-refractivity contribution >= 4 is 0 Å². The maximum Gasteiger partial charge on any atom is 0.163 e. The minimum absolute atomic E-state index is 0.0239. The molecule has 22 heavy (non-hydrogen) atoms. The van der Waals surface area contributed by atoms with E-state index < -0.39 is 5.79 Å². The van der Waals surface area contributed by atoms with Crippen molar-refractivity contribution < 1.29 is 9.47 Å². The lowest BCUT2D eigenvalue weighted by Gasteiger charge is -2.31. The van der Waals surface area contributed by atoms with Crippen LogP contribution in [0.1, 0.15) is 31.1 Å². The molecule has 1 unspecified atom stereocenters. The van der Waals surface area contributed by atoms with Crippen LogP contribution in [-0.2, 0) is 16.0 Å². The standard InChI is InChI=1S/C17H23N3O2/c1-17(2)21-12-15(22-17)16(14-9-10-18-19-14)20(3)11-13-7-5-4-6-8-13/h4-10,15-16H,11-12H2,1-3H3,(H,18,19)/t15-,16?/m1/s1. The number of rotatable bonds is 5. The van der Waals surface area contributed by atoms with Crippen LogP contribution < -0.4 is 0 Å². The van der Waals surface area contributed by atoms with Crippen LogP contribution in [0.4, 0.5) is 0 Å². The van der Waals surface area contributed by atoms with E-state index in [1.165, 1.54) is 5.56 Å². The molecule has 118 valence electrons. The number of hydrogen-bond donors (Lipinski definition) is 1. The quantitative estimate of drug-likeness (QED) is 0.922. The zero-order chi connectivity index (χ0) is 15.6. The minimum atomic E-state index is -0.531. The van der Waals surface area contributed by atoms with Crippen molar-refractivity contribution in [1.29, 1.82) is 0 Å². The summed E-state index contributed by atoms with van der Waals surface area (Å²) in [5.41, 5.74) is 2.32. The fourth-order valence-corrected chi connectivity index (χ4v) is 2.99. The lowest BCUT2D eigenvalue weighted by atomic mass is 10.1. The van der Waals surface area contributed by atoms with Gasteiger partial charge >= 0.3 is 0 Å². The molecule has 0 aliphatic carbocycles. The molecule has 5 heteroatoms. The molecule has 2 atom stereocenters. The molecule has 1 aromatic carbocycles. The second kappa shape index (κ2) is 6.20. The summed E-state index contributed by atoms with van der Waals surface area (Å²) in [6, 6.07) is 12.5. The Balaban J connectivity index is 1.80. The zero-order valence-electron chi connectivity index (χ0n) is 13.3. The number of benzene rings is 1. The largest absolute Gasteiger partial charge is 0.348 e. The molecule has 1 aliphatic heterocycles. The third kappa shape index (κ3) is 3.38. The highest BCUT2D eigenvalue weighted by Crippen LogP contribution is 2.33. The molecule has 0 saturated carbocycles. The van der Waals surface area contributed by atoms with Crippen LogP contribution in [0.3, 0.4) is 0 Å². The first-order valence-electron chi connectivity index (χ1n) is 7.60. The first-order chi connectivity index (χ1) is 10.6. The molecular weight excluding hydrogens is 278 g/mol. The van der Waals surface area contributed by atoms with E-state index in [2.05, 4.69) is 46.4 Å². The Labute approximate surface area is 131 Å². The predicted molar refractivity (Wildman–Crippen MR) is 84.1 cm³/mol. The van der Waals surface area contributed by atoms with Gasteiger partial charge in [0.2, 0.25) is 0 Å². The summed E-state index contributed by atoms with van der Waals surface area (Å²) in [7, 11) is 2.10. The van der Waals surface area contributed by atoms with E-state index in [9.17, 15) is 0 Å². The number of nitrogens with zero attached hydrogens (tertiary/aromatic N) is 2. The lowest BCUT2D eigenvalue weighted by molar-refractivity contribution is -0.146. The Kier molecular flexibility index (Phi) is 4.29. The average molecular weight is 301 g/mol. The summed E-state index contributed by atoms with van der Waals surface area (Å²) in [6.45, 7) is 5.32. The van der Waals surface area contributed by atoms with Crippen molar-refractivity contribution in [3.63, 3.8) is 0 Å². The molecule has 1 aliphatic rings. The Morgan fingerprint density at radius 2 is 2.09 bits per heavy atom. The van der Waals surface area contributed by atoms with Gasteiger partial charge in [-0.3, -0.25) is 10.00 Å². The van der Waals surface area contributed by atoms with E-state index in [1.54, 1.807) is 6.20 Å². The van der Waals surface area contributed by atoms with Gasteiger partial charge in [0.1, 0.15) is 6.10 Å². The number of aromatic nitrogens is 2. The summed E-state index contributed by atoms with van der Waals surface area (Å²) < 4.78 is 11.8. The maximum atomic E-state index is 6.08. The highest BCUT2D eigenvalue weighted by Gasteiger charge is 2.40. The second-order valence-electron chi connectivity index (χ2n) is 6.22. The number of aromatic amines is 1. The van der Waals surface area contributed by atoms with Gasteiger partial charge in [-0.15, -0.1) is 0 Å². The topological polar surface area (TPSA) is 50.4 Å². The number of hydrogen-bond acceptors (Lipinski definition) is 4. The Morgan fingerprint density at radius 1 is 1.32 bits per heavy atom. The molecule has 3 rings (SSSR count). The minimum Gasteiger partial charge on any atom is -0.348 e. The van der Waals surface area contributed by atoms with Crippen molar-refractivity contribution in [2.75, 3.05) is 13.7 Å². The number of H-pyrrole nitrogens is 1. The van der Waals surface area contributed by atoms with Gasteiger partial charge in [-0.2, -0.15) is 5.10 Å². The van der Waals surface area contributed by atoms with E-state index in [0.717, 1.165) is 12.2 Å². The van der Waals surface area contributed by atoms with Gasteiger partial charge in [0.05, 0.1) is 18.3 Å². The average Bonchev–Trinajstić information content (AvgIpc) is 3.11. The second-order valence-corrected chi connectivity index (χ2v) is 6.22. The monoisotopic (exact) mass is 301 g/mol. The molecule has 5 nitrogen and oxygen atoms in total. The summed E-state index contributed by atoms with van der Waals surface area (Å²) in [5.74, 6) is -0.531. The Morgan fingerprint density at radius 3 is 2.68 bits per heavy atom. The molecule has 0 amide bonds. The van der Waals surface area contributed by atoms with Gasteiger partial charge in [-0.25, -0.2) is 0 Å². The van der Waals surface area contributed by atoms with E-state index >= 15 is 0 Å². The summed E-state index contributed by atoms with van der Waals surface area (Å²) in [5, 5.41) is 7.17. The predicted octanol–water partition coefficient (Wildman–Crippen LogP) is 2.73. The molecule has 0 spiro atoms. The third-order valence-electron chi connectivity index (χ3n) is 3.97. The van der Waals surface area contributed by atoms with Gasteiger partial charge in [-0.05, 0) is 32.5 Å². The van der Waals surface area contributed by atoms with Crippen LogP contribution >= 0.6 is 0 Å². The van der Waals surface area contributed by atoms with E-state index in [0.29, 0.717) is 6.61 Å². The lowest BCUT2D eigenvalue weighted by Crippen LogP contribution is -2.36. The van der Waals surface area contributed by atoms with Crippen molar-refractivity contribution in [3.8, 4) is 0 Å². The van der Waals surface area contributed by atoms with Crippen LogP contribution in [0.15, 0.2) is 42.6 Å². The number of ether oxygens (including phenoxy) is 2. The van der Waals surface area contributed by atoms with Gasteiger partial charge in [0.25, 0.3) is 0 Å². The van der Waals surface area contributed by atoms with E-state index in [-0.39, 0.29) is 12.1 Å². The fourth-order valence-electron chi connectivity index (χ4n) is 2.99. The van der Waals surface area contributed by atoms with Gasteiger partial charge < -0.3 is 9.47 Å².